The van der Waals surface area contributed by atoms with Gasteiger partial charge in [-0.2, -0.15) is 0 Å². The lowest BCUT2D eigenvalue weighted by molar-refractivity contribution is -0.131. The van der Waals surface area contributed by atoms with E-state index in [1.165, 1.54) is 0 Å². The van der Waals surface area contributed by atoms with E-state index >= 15 is 0 Å². The minimum atomic E-state index is 0.237. The number of rotatable bonds is 2. The molecule has 2 aliphatic heterocycles. The standard InChI is InChI=1S/C13H22N2O/c1-3-4-9(2)13(16)15-11-5-6-12(15)8-10(14)7-11/h4,10-12H,3,5-8,14H2,1-2H3/b9-4-. The summed E-state index contributed by atoms with van der Waals surface area (Å²) in [5.74, 6) is 0.237. The molecule has 0 spiro atoms. The maximum absolute atomic E-state index is 12.3. The summed E-state index contributed by atoms with van der Waals surface area (Å²) in [4.78, 5) is 14.4. The Morgan fingerprint density at radius 2 is 1.94 bits per heavy atom. The van der Waals surface area contributed by atoms with Crippen LogP contribution in [-0.4, -0.2) is 28.9 Å². The van der Waals surface area contributed by atoms with E-state index in [1.54, 1.807) is 0 Å². The van der Waals surface area contributed by atoms with Crippen LogP contribution in [-0.2, 0) is 4.79 Å². The summed E-state index contributed by atoms with van der Waals surface area (Å²) in [6.45, 7) is 4.00. The van der Waals surface area contributed by atoms with Crippen molar-refractivity contribution >= 4 is 5.91 Å². The predicted molar refractivity (Wildman–Crippen MR) is 64.9 cm³/mol. The smallest absolute Gasteiger partial charge is 0.249 e. The third-order valence-electron chi connectivity index (χ3n) is 3.85. The highest BCUT2D eigenvalue weighted by Gasteiger charge is 2.42. The SMILES string of the molecule is CC/C=C(/C)C(=O)N1C2CCC1CC(N)C2. The zero-order valence-corrected chi connectivity index (χ0v) is 10.3. The molecule has 2 N–H and O–H groups in total. The van der Waals surface area contributed by atoms with Crippen molar-refractivity contribution in [3.05, 3.63) is 11.6 Å². The Bertz CT molecular complexity index is 297. The highest BCUT2D eigenvalue weighted by Crippen LogP contribution is 2.35. The molecule has 2 fully saturated rings. The average molecular weight is 222 g/mol. The van der Waals surface area contributed by atoms with E-state index in [0.29, 0.717) is 18.1 Å². The lowest BCUT2D eigenvalue weighted by atomic mass is 9.97. The van der Waals surface area contributed by atoms with E-state index in [-0.39, 0.29) is 5.91 Å². The molecule has 3 nitrogen and oxygen atoms in total. The quantitative estimate of drug-likeness (QED) is 0.724. The van der Waals surface area contributed by atoms with Crippen molar-refractivity contribution in [3.63, 3.8) is 0 Å². The molecule has 2 heterocycles. The molecule has 0 saturated carbocycles. The van der Waals surface area contributed by atoms with Gasteiger partial charge in [0.15, 0.2) is 0 Å². The Kier molecular flexibility index (Phi) is 3.33. The van der Waals surface area contributed by atoms with Crippen LogP contribution in [0.3, 0.4) is 0 Å². The lowest BCUT2D eigenvalue weighted by Gasteiger charge is -2.38. The van der Waals surface area contributed by atoms with Crippen LogP contribution < -0.4 is 5.73 Å². The number of allylic oxidation sites excluding steroid dienone is 1. The molecule has 2 aliphatic rings. The first-order valence-electron chi connectivity index (χ1n) is 6.38. The molecule has 0 aromatic carbocycles. The monoisotopic (exact) mass is 222 g/mol. The van der Waals surface area contributed by atoms with Crippen LogP contribution in [0.15, 0.2) is 11.6 Å². The summed E-state index contributed by atoms with van der Waals surface area (Å²) in [5, 5.41) is 0. The maximum Gasteiger partial charge on any atom is 0.249 e. The minimum absolute atomic E-state index is 0.237. The van der Waals surface area contributed by atoms with Gasteiger partial charge in [-0.25, -0.2) is 0 Å². The van der Waals surface area contributed by atoms with Crippen LogP contribution >= 0.6 is 0 Å². The largest absolute Gasteiger partial charge is 0.333 e. The normalized spacial score (nSPS) is 34.3. The molecule has 1 amide bonds. The summed E-state index contributed by atoms with van der Waals surface area (Å²) in [6, 6.07) is 1.11. The van der Waals surface area contributed by atoms with Gasteiger partial charge in [-0.3, -0.25) is 4.79 Å². The molecule has 16 heavy (non-hydrogen) atoms. The molecule has 2 saturated heterocycles. The molecule has 0 aromatic heterocycles. The van der Waals surface area contributed by atoms with Crippen LogP contribution in [0.25, 0.3) is 0 Å². The van der Waals surface area contributed by atoms with E-state index in [9.17, 15) is 4.79 Å². The van der Waals surface area contributed by atoms with Crippen LogP contribution in [0.4, 0.5) is 0 Å². The molecule has 90 valence electrons. The zero-order chi connectivity index (χ0) is 11.7. The summed E-state index contributed by atoms with van der Waals surface area (Å²) >= 11 is 0. The van der Waals surface area contributed by atoms with Crippen molar-refractivity contribution in [1.29, 1.82) is 0 Å². The van der Waals surface area contributed by atoms with Crippen LogP contribution in [0.5, 0.6) is 0 Å². The number of carbonyl (C=O) groups excluding carboxylic acids is 1. The second-order valence-corrected chi connectivity index (χ2v) is 5.12. The van der Waals surface area contributed by atoms with Gasteiger partial charge >= 0.3 is 0 Å². The number of carbonyl (C=O) groups is 1. The molecule has 2 bridgehead atoms. The van der Waals surface area contributed by atoms with Crippen LogP contribution in [0.2, 0.25) is 0 Å². The first-order chi connectivity index (χ1) is 7.63. The Labute approximate surface area is 97.7 Å². The molecule has 2 rings (SSSR count). The number of piperidine rings is 1. The van der Waals surface area contributed by atoms with E-state index in [1.807, 2.05) is 13.0 Å². The Hall–Kier alpha value is -0.830. The van der Waals surface area contributed by atoms with Crippen LogP contribution in [0.1, 0.15) is 46.0 Å². The first-order valence-corrected chi connectivity index (χ1v) is 6.38. The predicted octanol–water partition coefficient (Wildman–Crippen LogP) is 1.82. The van der Waals surface area contributed by atoms with Gasteiger partial charge in [-0.05, 0) is 39.0 Å². The van der Waals surface area contributed by atoms with Gasteiger partial charge < -0.3 is 10.6 Å². The molecular weight excluding hydrogens is 200 g/mol. The van der Waals surface area contributed by atoms with Crippen molar-refractivity contribution in [2.24, 2.45) is 5.73 Å². The van der Waals surface area contributed by atoms with Crippen LogP contribution in [0, 0.1) is 0 Å². The third-order valence-corrected chi connectivity index (χ3v) is 3.85. The van der Waals surface area contributed by atoms with Gasteiger partial charge in [-0.15, -0.1) is 0 Å². The fourth-order valence-electron chi connectivity index (χ4n) is 3.15. The van der Waals surface area contributed by atoms with Crippen molar-refractivity contribution < 1.29 is 4.79 Å². The van der Waals surface area contributed by atoms with E-state index < -0.39 is 0 Å². The van der Waals surface area contributed by atoms with Crippen molar-refractivity contribution in [2.45, 2.75) is 64.1 Å². The summed E-state index contributed by atoms with van der Waals surface area (Å²) < 4.78 is 0. The minimum Gasteiger partial charge on any atom is -0.333 e. The second-order valence-electron chi connectivity index (χ2n) is 5.12. The fraction of sp³-hybridized carbons (Fsp3) is 0.769. The fourth-order valence-corrected chi connectivity index (χ4v) is 3.15. The summed E-state index contributed by atoms with van der Waals surface area (Å²) in [7, 11) is 0. The Morgan fingerprint density at radius 3 is 2.44 bits per heavy atom. The first kappa shape index (κ1) is 11.6. The molecule has 0 aliphatic carbocycles. The van der Waals surface area contributed by atoms with Gasteiger partial charge in [0.25, 0.3) is 0 Å². The molecule has 2 unspecified atom stereocenters. The molecule has 2 atom stereocenters. The van der Waals surface area contributed by atoms with Gasteiger partial charge in [-0.1, -0.05) is 13.0 Å². The molecule has 0 radical (unpaired) electrons. The Morgan fingerprint density at radius 1 is 1.38 bits per heavy atom. The van der Waals surface area contributed by atoms with Gasteiger partial charge in [0.2, 0.25) is 5.91 Å². The molecule has 0 aromatic rings. The third kappa shape index (κ3) is 2.01. The molecular formula is C13H22N2O. The number of nitrogens with zero attached hydrogens (tertiary/aromatic N) is 1. The summed E-state index contributed by atoms with van der Waals surface area (Å²) in [6.07, 6.45) is 7.22. The summed E-state index contributed by atoms with van der Waals surface area (Å²) in [5.41, 5.74) is 6.90. The number of hydrogen-bond donors (Lipinski definition) is 1. The highest BCUT2D eigenvalue weighted by atomic mass is 16.2. The van der Waals surface area contributed by atoms with E-state index in [4.69, 9.17) is 5.73 Å². The van der Waals surface area contributed by atoms with Gasteiger partial charge in [0.1, 0.15) is 0 Å². The average Bonchev–Trinajstić information content (AvgIpc) is 2.50. The Balaban J connectivity index is 2.11. The number of amides is 1. The van der Waals surface area contributed by atoms with Gasteiger partial charge in [0.05, 0.1) is 0 Å². The van der Waals surface area contributed by atoms with E-state index in [0.717, 1.165) is 37.7 Å². The topological polar surface area (TPSA) is 46.3 Å². The number of fused-ring (bicyclic) bond motifs is 2. The maximum atomic E-state index is 12.3. The lowest BCUT2D eigenvalue weighted by Crippen LogP contribution is -2.50. The van der Waals surface area contributed by atoms with E-state index in [2.05, 4.69) is 11.8 Å². The van der Waals surface area contributed by atoms with Gasteiger partial charge in [0, 0.05) is 23.7 Å². The zero-order valence-electron chi connectivity index (χ0n) is 10.3. The van der Waals surface area contributed by atoms with Crippen molar-refractivity contribution in [2.75, 3.05) is 0 Å². The second kappa shape index (κ2) is 4.58. The van der Waals surface area contributed by atoms with Crippen molar-refractivity contribution in [3.8, 4) is 0 Å². The highest BCUT2D eigenvalue weighted by molar-refractivity contribution is 5.93. The number of hydrogen-bond acceptors (Lipinski definition) is 2. The number of nitrogens with two attached hydrogens (primary N) is 1. The van der Waals surface area contributed by atoms with Crippen molar-refractivity contribution in [1.82, 2.24) is 4.90 Å². The molecule has 3 heteroatoms.